The Morgan fingerprint density at radius 1 is 0.426 bits per heavy atom. The first-order valence-electron chi connectivity index (χ1n) is 36.6. The Hall–Kier alpha value is -11.6. The largest absolute Gasteiger partial charge is 0.496 e. The van der Waals surface area contributed by atoms with E-state index < -0.39 is 44.3 Å². The van der Waals surface area contributed by atoms with Crippen LogP contribution in [0.5, 0.6) is 17.2 Å². The maximum atomic E-state index is 13.6. The number of methoxy groups -OCH3 is 3. The molecule has 618 valence electrons. The number of nitrogens with zero attached hydrogens (tertiary/aromatic N) is 11. The molecule has 0 radical (unpaired) electrons. The molecule has 0 bridgehead atoms. The van der Waals surface area contributed by atoms with E-state index in [-0.39, 0.29) is 38.2 Å². The number of aromatic nitrogens is 12. The number of aromatic amines is 1. The number of benzene rings is 7. The van der Waals surface area contributed by atoms with E-state index in [2.05, 4.69) is 78.2 Å². The van der Waals surface area contributed by atoms with Gasteiger partial charge in [-0.3, -0.25) is 5.10 Å². The number of fused-ring (bicyclic) bond motifs is 4. The summed E-state index contributed by atoms with van der Waals surface area (Å²) in [5.41, 5.74) is 14.0. The van der Waals surface area contributed by atoms with E-state index >= 15 is 0 Å². The molecule has 0 saturated carbocycles. The van der Waals surface area contributed by atoms with Gasteiger partial charge in [0.1, 0.15) is 33.2 Å². The molecule has 0 aliphatic rings. The van der Waals surface area contributed by atoms with Gasteiger partial charge < -0.3 is 39.4 Å². The summed E-state index contributed by atoms with van der Waals surface area (Å²) in [4.78, 5) is 17.6. The van der Waals surface area contributed by atoms with Crippen molar-refractivity contribution in [1.82, 2.24) is 57.7 Å². The quantitative estimate of drug-likeness (QED) is 0.0461. The zero-order valence-corrected chi connectivity index (χ0v) is 73.3. The maximum absolute atomic E-state index is 13.6. The second kappa shape index (κ2) is 39.0. The van der Waals surface area contributed by atoms with Gasteiger partial charge in [0.25, 0.3) is 30.1 Å². The SMILES string of the molecule is COc1ccccc1-c1[nH]nc2nccc(-c3ccsc3)c12.COc1ccccc1-c1nn(S(=O)(=O)c2ccc(C)cc2)c2nccc(-c3ccsc3)c12.COc1ccccc1-c1nn(S(=O)(=O)c2ccc(C)cc2)c2nccc(Cl)c12.Cc1ccc(S(=O)(=O)n2nc(Br)c3c(Cl)ccnc32)cc1.OB(O)c1ccsc1.OCc1ccccc1B(O)O. The number of halogens is 3. The molecule has 26 nitrogen and oxygen atoms in total. The number of aliphatic hydroxyl groups excluding tert-OH is 1. The van der Waals surface area contributed by atoms with Gasteiger partial charge in [-0.25, -0.2) is 19.9 Å². The lowest BCUT2D eigenvalue weighted by Gasteiger charge is -2.08. The molecule has 0 aliphatic carbocycles. The summed E-state index contributed by atoms with van der Waals surface area (Å²) >= 11 is 20.4. The van der Waals surface area contributed by atoms with Gasteiger partial charge in [-0.15, -0.1) is 17.4 Å². The average molecular weight is 1850 g/mol. The Bertz CT molecular complexity index is 7060. The van der Waals surface area contributed by atoms with E-state index in [4.69, 9.17) is 62.6 Å². The first kappa shape index (κ1) is 88.2. The average Bonchev–Trinajstić information content (AvgIpc) is 1.61. The number of pyridine rings is 4. The van der Waals surface area contributed by atoms with Crippen molar-refractivity contribution in [3.63, 3.8) is 0 Å². The number of para-hydroxylation sites is 3. The number of hydrogen-bond acceptors (Lipinski definition) is 25. The number of H-pyrrole nitrogens is 1. The van der Waals surface area contributed by atoms with Gasteiger partial charge in [0.05, 0.1) is 79.9 Å². The minimum Gasteiger partial charge on any atom is -0.496 e. The van der Waals surface area contributed by atoms with Gasteiger partial charge in [-0.1, -0.05) is 143 Å². The van der Waals surface area contributed by atoms with Crippen molar-refractivity contribution < 1.29 is 64.7 Å². The van der Waals surface area contributed by atoms with Crippen LogP contribution in [0.3, 0.4) is 0 Å². The standard InChI is InChI=1S/C24H19N3O3S2.C20H16ClN3O3S.C17H13N3OS.C13H9BrClN3O2S.C7H9BO3.C4H5BO2S/c1-16-7-9-18(10-8-16)32(28,29)27-24-22(19(11-13-25-24)17-12-14-31-15-17)23(26-27)20-5-3-4-6-21(20)30-2;1-13-7-9-14(10-8-13)28(25,26)24-20-18(16(21)11-12-22-20)19(23-24)15-5-3-4-6-17(15)27-2;1-21-14-5-3-2-4-13(14)16-15-12(11-7-9-22-10-11)6-8-18-17(15)20-19-16;1-8-2-4-9(5-3-8)21(19,20)18-13-11(12(14)17-18)10(15)6-7-16-13;9-5-6-3-1-2-4-7(6)8(10)11;6-5(7)4-1-2-8-3-4/h3-15H,1-2H3;3-12H,1-2H3;2-10H,1H3,(H,18,19,20);2-7H,1H3;1-4,9-11H,5H2;1-3,6-7H. The van der Waals surface area contributed by atoms with E-state index in [1.807, 2.05) is 110 Å². The number of hydrogen-bond donors (Lipinski definition) is 6. The minimum absolute atomic E-state index is 0.121. The molecule has 0 unspecified atom stereocenters. The molecular formula is C85H71B2BrCl2N12O14S6. The smallest absolute Gasteiger partial charge is 0.489 e. The zero-order valence-electron chi connectivity index (χ0n) is 65.3. The van der Waals surface area contributed by atoms with Gasteiger partial charge in [0, 0.05) is 41.5 Å². The highest BCUT2D eigenvalue weighted by Gasteiger charge is 2.31. The van der Waals surface area contributed by atoms with Crippen LogP contribution in [0, 0.1) is 20.8 Å². The molecule has 0 amide bonds. The summed E-state index contributed by atoms with van der Waals surface area (Å²) in [7, 11) is -9.76. The van der Waals surface area contributed by atoms with Crippen LogP contribution in [0.15, 0.2) is 289 Å². The molecule has 18 rings (SSSR count). The van der Waals surface area contributed by atoms with Crippen molar-refractivity contribution >= 4 is 173 Å². The van der Waals surface area contributed by atoms with Crippen LogP contribution in [0.4, 0.5) is 0 Å². The molecule has 0 atom stereocenters. The monoisotopic (exact) mass is 1850 g/mol. The summed E-state index contributed by atoms with van der Waals surface area (Å²) < 4.78 is 98.7. The van der Waals surface area contributed by atoms with Gasteiger partial charge in [0.2, 0.25) is 0 Å². The van der Waals surface area contributed by atoms with Crippen molar-refractivity contribution in [3.05, 3.63) is 306 Å². The fourth-order valence-corrected chi connectivity index (χ4v) is 19.5. The Labute approximate surface area is 731 Å². The molecule has 6 N–H and O–H groups in total. The lowest BCUT2D eigenvalue weighted by atomic mass is 9.77. The molecule has 0 spiro atoms. The van der Waals surface area contributed by atoms with E-state index in [1.54, 1.807) is 182 Å². The second-order valence-corrected chi connectivity index (χ2v) is 35.7. The Balaban J connectivity index is 0.000000132. The summed E-state index contributed by atoms with van der Waals surface area (Å²) in [6, 6.07) is 61.9. The molecule has 122 heavy (non-hydrogen) atoms. The Morgan fingerprint density at radius 3 is 1.25 bits per heavy atom. The molecule has 37 heteroatoms. The normalized spacial score (nSPS) is 11.3. The molecule has 7 aromatic carbocycles. The van der Waals surface area contributed by atoms with Crippen LogP contribution < -0.4 is 25.1 Å². The van der Waals surface area contributed by atoms with Gasteiger partial charge in [0.15, 0.2) is 22.6 Å². The third kappa shape index (κ3) is 19.0. The topological polar surface area (TPSA) is 365 Å². The van der Waals surface area contributed by atoms with E-state index in [9.17, 15) is 25.3 Å². The van der Waals surface area contributed by atoms with Crippen LogP contribution >= 0.6 is 73.1 Å². The van der Waals surface area contributed by atoms with E-state index in [0.29, 0.717) is 87.0 Å². The maximum Gasteiger partial charge on any atom is 0.489 e. The first-order chi connectivity index (χ1) is 58.8. The first-order valence-corrected chi connectivity index (χ1v) is 45.3. The van der Waals surface area contributed by atoms with Crippen molar-refractivity contribution in [3.8, 4) is 73.3 Å². The summed E-state index contributed by atoms with van der Waals surface area (Å²) in [5, 5.41) is 78.8. The van der Waals surface area contributed by atoms with E-state index in [1.165, 1.54) is 41.4 Å². The van der Waals surface area contributed by atoms with Gasteiger partial charge in [-0.2, -0.15) is 74.6 Å². The number of ether oxygens (including phenoxy) is 3. The van der Waals surface area contributed by atoms with Crippen molar-refractivity contribution in [1.29, 1.82) is 0 Å². The predicted octanol–water partition coefficient (Wildman–Crippen LogP) is 15.7. The van der Waals surface area contributed by atoms with Crippen molar-refractivity contribution in [2.45, 2.75) is 42.1 Å². The molecule has 11 aromatic heterocycles. The fraction of sp³-hybridized carbons (Fsp3) is 0.0824. The molecule has 18 aromatic rings. The number of thiophene rings is 3. The predicted molar refractivity (Wildman–Crippen MR) is 484 cm³/mol. The fourth-order valence-electron chi connectivity index (χ4n) is 12.6. The molecule has 0 fully saturated rings. The minimum atomic E-state index is -3.97. The zero-order chi connectivity index (χ0) is 86.6. The van der Waals surface area contributed by atoms with Gasteiger partial charge in [-0.05, 0) is 217 Å². The molecular weight excluding hydrogens is 1780 g/mol. The van der Waals surface area contributed by atoms with Crippen LogP contribution in [-0.2, 0) is 36.7 Å². The Kier molecular flexibility index (Phi) is 28.2. The van der Waals surface area contributed by atoms with E-state index in [0.717, 1.165) is 68.0 Å². The van der Waals surface area contributed by atoms with Crippen LogP contribution in [0.2, 0.25) is 10.0 Å². The lowest BCUT2D eigenvalue weighted by molar-refractivity contribution is 0.282. The number of aliphatic hydroxyl groups is 1. The third-order valence-electron chi connectivity index (χ3n) is 18.7. The summed E-state index contributed by atoms with van der Waals surface area (Å²) in [6.45, 7) is 5.51. The van der Waals surface area contributed by atoms with Crippen LogP contribution in [0.1, 0.15) is 22.3 Å². The van der Waals surface area contributed by atoms with Crippen molar-refractivity contribution in [2.24, 2.45) is 0 Å². The summed E-state index contributed by atoms with van der Waals surface area (Å²) in [5.74, 6) is 1.97. The molecule has 0 saturated heterocycles. The second-order valence-electron chi connectivity index (χ2n) is 26.5. The number of aryl methyl sites for hydroxylation is 3. The third-order valence-corrected chi connectivity index (χ3v) is 26.7. The van der Waals surface area contributed by atoms with Gasteiger partial charge >= 0.3 is 14.2 Å². The number of rotatable bonds is 17. The molecule has 11 heterocycles. The Morgan fingerprint density at radius 2 is 0.820 bits per heavy atom. The molecule has 0 aliphatic heterocycles. The summed E-state index contributed by atoms with van der Waals surface area (Å²) in [6.07, 6.45) is 6.31. The van der Waals surface area contributed by atoms with Crippen LogP contribution in [-0.4, -0.2) is 144 Å². The van der Waals surface area contributed by atoms with Crippen molar-refractivity contribution in [2.75, 3.05) is 21.3 Å². The highest BCUT2D eigenvalue weighted by atomic mass is 79.9. The highest BCUT2D eigenvalue weighted by molar-refractivity contribution is 9.10. The number of nitrogens with one attached hydrogen (secondary N) is 1. The van der Waals surface area contributed by atoms with Crippen LogP contribution in [0.25, 0.3) is 100 Å². The highest BCUT2D eigenvalue weighted by Crippen LogP contribution is 2.43. The lowest BCUT2D eigenvalue weighted by Crippen LogP contribution is -2.32.